The van der Waals surface area contributed by atoms with E-state index < -0.39 is 23.4 Å². The number of carbonyl (C=O) groups is 2. The van der Waals surface area contributed by atoms with E-state index in [4.69, 9.17) is 0 Å². The first-order chi connectivity index (χ1) is 8.95. The van der Waals surface area contributed by atoms with Crippen LogP contribution < -0.4 is 5.32 Å². The molecule has 1 saturated heterocycles. The van der Waals surface area contributed by atoms with Crippen LogP contribution in [-0.2, 0) is 4.84 Å². The highest BCUT2D eigenvalue weighted by atomic mass is 32.2. The molecule has 1 rings (SSSR count). The number of carboxylic acid groups (broad SMARTS) is 1. The lowest BCUT2D eigenvalue weighted by atomic mass is 10.1. The molecular formula is C9H15N3O6S. The number of nitrogens with one attached hydrogen (secondary N) is 1. The van der Waals surface area contributed by atoms with E-state index in [2.05, 4.69) is 10.2 Å². The zero-order chi connectivity index (χ0) is 14.4. The van der Waals surface area contributed by atoms with Crippen LogP contribution in [0.15, 0.2) is 0 Å². The number of carbonyl (C=O) groups excluding carboxylic acids is 1. The molecule has 2 N–H and O–H groups in total. The predicted molar refractivity (Wildman–Crippen MR) is 66.3 cm³/mol. The topological polar surface area (TPSA) is 122 Å². The zero-order valence-corrected chi connectivity index (χ0v) is 11.1. The van der Waals surface area contributed by atoms with Crippen molar-refractivity contribution in [2.24, 2.45) is 0 Å². The molecule has 0 spiro atoms. The maximum atomic E-state index is 11.3. The second-order valence-electron chi connectivity index (χ2n) is 3.91. The molecule has 19 heavy (non-hydrogen) atoms. The maximum Gasteiger partial charge on any atom is 0.409 e. The summed E-state index contributed by atoms with van der Waals surface area (Å²) in [5.41, 5.74) is 0. The van der Waals surface area contributed by atoms with Gasteiger partial charge in [-0.1, -0.05) is 25.1 Å². The first kappa shape index (κ1) is 15.3. The fourth-order valence-corrected chi connectivity index (χ4v) is 2.62. The fraction of sp³-hybridized carbons (Fsp3) is 0.778. The van der Waals surface area contributed by atoms with E-state index in [1.54, 1.807) is 0 Å². The standard InChI is InChI=1S/C9H15N3O6S/c1-2-3-6(4-18-12(16)17)11(9(14)15)7-5-19-8(13)10-7/h6-7H,2-5H2,1H3,(H,10,13)(H,14,15)/t6-,7+/m0/s1. The van der Waals surface area contributed by atoms with Crippen LogP contribution in [0.25, 0.3) is 0 Å². The van der Waals surface area contributed by atoms with Crippen molar-refractivity contribution in [3.05, 3.63) is 10.1 Å². The Labute approximate surface area is 113 Å². The van der Waals surface area contributed by atoms with Gasteiger partial charge in [0.25, 0.3) is 10.3 Å². The summed E-state index contributed by atoms with van der Waals surface area (Å²) in [6.07, 6.45) is -0.861. The molecule has 1 aliphatic rings. The first-order valence-corrected chi connectivity index (χ1v) is 6.66. The summed E-state index contributed by atoms with van der Waals surface area (Å²) in [6, 6.07) is -0.670. The van der Waals surface area contributed by atoms with Gasteiger partial charge in [-0.05, 0) is 6.42 Å². The van der Waals surface area contributed by atoms with Crippen LogP contribution in [0.3, 0.4) is 0 Å². The highest BCUT2D eigenvalue weighted by Crippen LogP contribution is 2.20. The van der Waals surface area contributed by atoms with Gasteiger partial charge in [0, 0.05) is 5.75 Å². The molecule has 0 saturated carbocycles. The number of nitrogens with zero attached hydrogens (tertiary/aromatic N) is 2. The Kier molecular flexibility index (Phi) is 5.67. The Morgan fingerprint density at radius 2 is 2.47 bits per heavy atom. The van der Waals surface area contributed by atoms with Crippen molar-refractivity contribution in [1.82, 2.24) is 10.2 Å². The van der Waals surface area contributed by atoms with Gasteiger partial charge in [0.05, 0.1) is 6.04 Å². The molecule has 0 unspecified atom stereocenters. The van der Waals surface area contributed by atoms with Gasteiger partial charge in [-0.25, -0.2) is 4.79 Å². The Hall–Kier alpha value is -1.71. The molecule has 10 heteroatoms. The molecule has 1 heterocycles. The van der Waals surface area contributed by atoms with E-state index in [-0.39, 0.29) is 17.6 Å². The third-order valence-electron chi connectivity index (χ3n) is 2.60. The molecule has 1 fully saturated rings. The lowest BCUT2D eigenvalue weighted by Crippen LogP contribution is -2.54. The molecule has 1 aliphatic heterocycles. The minimum absolute atomic E-state index is 0.282. The van der Waals surface area contributed by atoms with Gasteiger partial charge in [-0.3, -0.25) is 9.69 Å². The molecule has 0 aliphatic carbocycles. The first-order valence-electron chi connectivity index (χ1n) is 5.67. The highest BCUT2D eigenvalue weighted by molar-refractivity contribution is 8.13. The summed E-state index contributed by atoms with van der Waals surface area (Å²) in [6.45, 7) is 1.49. The smallest absolute Gasteiger partial charge is 0.409 e. The molecule has 2 atom stereocenters. The number of hydrogen-bond acceptors (Lipinski definition) is 6. The van der Waals surface area contributed by atoms with Crippen LogP contribution in [0.2, 0.25) is 0 Å². The van der Waals surface area contributed by atoms with Crippen molar-refractivity contribution < 1.29 is 24.6 Å². The van der Waals surface area contributed by atoms with Crippen molar-refractivity contribution in [3.8, 4) is 0 Å². The Morgan fingerprint density at radius 1 is 1.79 bits per heavy atom. The normalized spacial score (nSPS) is 19.6. The molecule has 0 aromatic carbocycles. The van der Waals surface area contributed by atoms with Crippen LogP contribution in [0.4, 0.5) is 9.59 Å². The van der Waals surface area contributed by atoms with Crippen LogP contribution >= 0.6 is 11.8 Å². The molecule has 0 radical (unpaired) electrons. The molecule has 9 nitrogen and oxygen atoms in total. The molecule has 2 amide bonds. The summed E-state index contributed by atoms with van der Waals surface area (Å²) in [7, 11) is 0. The van der Waals surface area contributed by atoms with Gasteiger partial charge < -0.3 is 15.3 Å². The second-order valence-corrected chi connectivity index (χ2v) is 4.90. The molecular weight excluding hydrogens is 278 g/mol. The summed E-state index contributed by atoms with van der Waals surface area (Å²) in [5.74, 6) is 0.282. The average molecular weight is 293 g/mol. The van der Waals surface area contributed by atoms with Crippen molar-refractivity contribution in [1.29, 1.82) is 0 Å². The van der Waals surface area contributed by atoms with Crippen LogP contribution in [0.5, 0.6) is 0 Å². The van der Waals surface area contributed by atoms with Gasteiger partial charge in [-0.2, -0.15) is 0 Å². The maximum absolute atomic E-state index is 11.3. The molecule has 0 bridgehead atoms. The zero-order valence-electron chi connectivity index (χ0n) is 10.3. The van der Waals surface area contributed by atoms with E-state index in [9.17, 15) is 24.8 Å². The third-order valence-corrected chi connectivity index (χ3v) is 3.46. The Morgan fingerprint density at radius 3 is 2.89 bits per heavy atom. The summed E-state index contributed by atoms with van der Waals surface area (Å²) in [5, 5.41) is 20.7. The van der Waals surface area contributed by atoms with Crippen molar-refractivity contribution in [2.45, 2.75) is 32.0 Å². The van der Waals surface area contributed by atoms with Gasteiger partial charge in [0.2, 0.25) is 0 Å². The van der Waals surface area contributed by atoms with Crippen molar-refractivity contribution >= 4 is 23.1 Å². The molecule has 108 valence electrons. The van der Waals surface area contributed by atoms with Gasteiger partial charge in [0.1, 0.15) is 12.8 Å². The molecule has 0 aromatic rings. The van der Waals surface area contributed by atoms with E-state index in [0.717, 1.165) is 16.7 Å². The number of hydrogen-bond donors (Lipinski definition) is 2. The molecule has 0 aromatic heterocycles. The van der Waals surface area contributed by atoms with Gasteiger partial charge in [0.15, 0.2) is 0 Å². The quantitative estimate of drug-likeness (QED) is 0.532. The largest absolute Gasteiger partial charge is 0.465 e. The number of rotatable bonds is 7. The number of amides is 2. The van der Waals surface area contributed by atoms with Gasteiger partial charge >= 0.3 is 6.09 Å². The lowest BCUT2D eigenvalue weighted by Gasteiger charge is -2.32. The van der Waals surface area contributed by atoms with Crippen LogP contribution in [0, 0.1) is 10.1 Å². The lowest BCUT2D eigenvalue weighted by molar-refractivity contribution is -0.758. The van der Waals surface area contributed by atoms with E-state index in [0.29, 0.717) is 12.8 Å². The Balaban J connectivity index is 2.76. The average Bonchev–Trinajstić information content (AvgIpc) is 2.72. The van der Waals surface area contributed by atoms with E-state index >= 15 is 0 Å². The number of thioether (sulfide) groups is 1. The fourth-order valence-electron chi connectivity index (χ4n) is 1.85. The van der Waals surface area contributed by atoms with Crippen LogP contribution in [0.1, 0.15) is 19.8 Å². The third kappa shape index (κ3) is 4.47. The highest BCUT2D eigenvalue weighted by Gasteiger charge is 2.35. The monoisotopic (exact) mass is 293 g/mol. The van der Waals surface area contributed by atoms with E-state index in [1.165, 1.54) is 0 Å². The minimum atomic E-state index is -1.24. The summed E-state index contributed by atoms with van der Waals surface area (Å²) in [4.78, 5) is 37.9. The Bertz CT molecular complexity index is 366. The van der Waals surface area contributed by atoms with Crippen molar-refractivity contribution in [2.75, 3.05) is 12.4 Å². The second kappa shape index (κ2) is 7.02. The SMILES string of the molecule is CCC[C@@H](CO[N+](=O)[O-])N(C(=O)O)[C@@H]1CSC(=O)N1. The van der Waals surface area contributed by atoms with Gasteiger partial charge in [-0.15, -0.1) is 10.1 Å². The van der Waals surface area contributed by atoms with Crippen molar-refractivity contribution in [3.63, 3.8) is 0 Å². The van der Waals surface area contributed by atoms with Crippen LogP contribution in [-0.4, -0.2) is 51.0 Å². The summed E-state index contributed by atoms with van der Waals surface area (Å²) >= 11 is 0.981. The minimum Gasteiger partial charge on any atom is -0.465 e. The summed E-state index contributed by atoms with van der Waals surface area (Å²) < 4.78 is 0. The van der Waals surface area contributed by atoms with E-state index in [1.807, 2.05) is 6.92 Å². The predicted octanol–water partition coefficient (Wildman–Crippen LogP) is 1.13.